The maximum absolute atomic E-state index is 11.9. The molecule has 2 heterocycles. The van der Waals surface area contributed by atoms with E-state index in [-0.39, 0.29) is 11.7 Å². The van der Waals surface area contributed by atoms with Crippen LogP contribution in [0.2, 0.25) is 0 Å². The molecule has 15 heavy (non-hydrogen) atoms. The molecule has 4 heteroatoms. The number of nitrogens with one attached hydrogen (secondary N) is 1. The summed E-state index contributed by atoms with van der Waals surface area (Å²) in [6.07, 6.45) is 3.74. The summed E-state index contributed by atoms with van der Waals surface area (Å²) >= 11 is 0. The Morgan fingerprint density at radius 2 is 2.00 bits per heavy atom. The molecule has 0 atom stereocenters. The summed E-state index contributed by atoms with van der Waals surface area (Å²) in [6, 6.07) is 1.63. The van der Waals surface area contributed by atoms with Gasteiger partial charge in [-0.25, -0.2) is 0 Å². The average molecular weight is 206 g/mol. The zero-order chi connectivity index (χ0) is 10.8. The minimum atomic E-state index is -0.0216. The van der Waals surface area contributed by atoms with E-state index < -0.39 is 0 Å². The highest BCUT2D eigenvalue weighted by Crippen LogP contribution is 2.13. The zero-order valence-corrected chi connectivity index (χ0v) is 8.75. The Labute approximate surface area is 88.3 Å². The van der Waals surface area contributed by atoms with Gasteiger partial charge in [0.2, 0.25) is 0 Å². The van der Waals surface area contributed by atoms with Crippen molar-refractivity contribution in [3.8, 4) is 0 Å². The molecule has 1 amide bonds. The van der Waals surface area contributed by atoms with Gasteiger partial charge >= 0.3 is 0 Å². The molecule has 1 aliphatic rings. The Balaban J connectivity index is 2.14. The number of nitrogens with zero attached hydrogens (tertiary/aromatic N) is 1. The van der Waals surface area contributed by atoms with Crippen LogP contribution in [0.25, 0.3) is 0 Å². The predicted molar refractivity (Wildman–Crippen MR) is 55.9 cm³/mol. The van der Waals surface area contributed by atoms with Gasteiger partial charge in [-0.05, 0) is 25.8 Å². The lowest BCUT2D eigenvalue weighted by Crippen LogP contribution is -2.27. The monoisotopic (exact) mass is 206 g/mol. The summed E-state index contributed by atoms with van der Waals surface area (Å²) in [5.41, 5.74) is 1.08. The van der Waals surface area contributed by atoms with Crippen LogP contribution in [0.3, 0.4) is 0 Å². The van der Waals surface area contributed by atoms with Crippen molar-refractivity contribution >= 4 is 11.7 Å². The highest BCUT2D eigenvalue weighted by molar-refractivity contribution is 5.99. The van der Waals surface area contributed by atoms with E-state index in [1.54, 1.807) is 12.3 Å². The molecule has 0 bridgehead atoms. The van der Waals surface area contributed by atoms with Crippen LogP contribution in [0.4, 0.5) is 0 Å². The fourth-order valence-corrected chi connectivity index (χ4v) is 1.81. The van der Waals surface area contributed by atoms with Gasteiger partial charge < -0.3 is 9.88 Å². The highest BCUT2D eigenvalue weighted by Gasteiger charge is 2.20. The first-order valence-corrected chi connectivity index (χ1v) is 5.17. The molecular formula is C11H14N2O2. The summed E-state index contributed by atoms with van der Waals surface area (Å²) in [5, 5.41) is 0. The van der Waals surface area contributed by atoms with E-state index in [1.807, 2.05) is 4.90 Å². The number of amides is 1. The molecule has 1 fully saturated rings. The molecule has 0 aromatic carbocycles. The minimum Gasteiger partial charge on any atom is -0.356 e. The zero-order valence-electron chi connectivity index (χ0n) is 8.75. The maximum atomic E-state index is 11.9. The van der Waals surface area contributed by atoms with Crippen molar-refractivity contribution in [3.05, 3.63) is 23.5 Å². The molecule has 1 aromatic heterocycles. The van der Waals surface area contributed by atoms with Crippen molar-refractivity contribution in [2.45, 2.75) is 19.8 Å². The number of rotatable bonds is 2. The number of aromatic nitrogens is 1. The fraction of sp³-hybridized carbons (Fsp3) is 0.455. The first-order chi connectivity index (χ1) is 7.18. The molecule has 1 aromatic rings. The van der Waals surface area contributed by atoms with Gasteiger partial charge in [-0.15, -0.1) is 0 Å². The van der Waals surface area contributed by atoms with E-state index >= 15 is 0 Å². The largest absolute Gasteiger partial charge is 0.356 e. The summed E-state index contributed by atoms with van der Waals surface area (Å²) < 4.78 is 0. The number of carbonyl (C=O) groups excluding carboxylic acids is 2. The first-order valence-electron chi connectivity index (χ1n) is 5.17. The summed E-state index contributed by atoms with van der Waals surface area (Å²) in [4.78, 5) is 27.6. The molecule has 0 aliphatic carbocycles. The van der Waals surface area contributed by atoms with E-state index in [9.17, 15) is 9.59 Å². The van der Waals surface area contributed by atoms with Gasteiger partial charge in [0.05, 0.1) is 0 Å². The van der Waals surface area contributed by atoms with Gasteiger partial charge in [0.15, 0.2) is 5.78 Å². The van der Waals surface area contributed by atoms with E-state index in [2.05, 4.69) is 4.98 Å². The van der Waals surface area contributed by atoms with Crippen molar-refractivity contribution < 1.29 is 9.59 Å². The molecule has 0 saturated carbocycles. The molecular weight excluding hydrogens is 192 g/mol. The fourth-order valence-electron chi connectivity index (χ4n) is 1.81. The number of H-pyrrole nitrogens is 1. The van der Waals surface area contributed by atoms with Crippen LogP contribution < -0.4 is 0 Å². The lowest BCUT2D eigenvalue weighted by atomic mass is 10.2. The number of hydrogen-bond donors (Lipinski definition) is 1. The van der Waals surface area contributed by atoms with Crippen molar-refractivity contribution in [2.24, 2.45) is 0 Å². The van der Waals surface area contributed by atoms with Gasteiger partial charge in [0.25, 0.3) is 5.91 Å². The van der Waals surface area contributed by atoms with Crippen LogP contribution in [0.15, 0.2) is 12.3 Å². The van der Waals surface area contributed by atoms with Crippen molar-refractivity contribution in [2.75, 3.05) is 13.1 Å². The quantitative estimate of drug-likeness (QED) is 0.745. The Morgan fingerprint density at radius 3 is 2.53 bits per heavy atom. The predicted octanol–water partition coefficient (Wildman–Crippen LogP) is 1.45. The van der Waals surface area contributed by atoms with Crippen LogP contribution >= 0.6 is 0 Å². The Kier molecular flexibility index (Phi) is 2.58. The molecule has 80 valence electrons. The summed E-state index contributed by atoms with van der Waals surface area (Å²) in [6.45, 7) is 3.15. The number of Topliss-reactive ketones (excluding diaryl/α,β-unsaturated/α-hetero) is 1. The molecule has 1 aliphatic heterocycles. The van der Waals surface area contributed by atoms with Crippen molar-refractivity contribution in [3.63, 3.8) is 0 Å². The Morgan fingerprint density at radius 1 is 1.33 bits per heavy atom. The van der Waals surface area contributed by atoms with Gasteiger partial charge in [0.1, 0.15) is 5.69 Å². The third-order valence-electron chi connectivity index (χ3n) is 2.71. The van der Waals surface area contributed by atoms with Gasteiger partial charge in [0, 0.05) is 24.8 Å². The van der Waals surface area contributed by atoms with Crippen LogP contribution in [-0.4, -0.2) is 34.7 Å². The van der Waals surface area contributed by atoms with E-state index in [0.29, 0.717) is 11.3 Å². The highest BCUT2D eigenvalue weighted by atomic mass is 16.2. The first kappa shape index (κ1) is 9.96. The molecule has 4 nitrogen and oxygen atoms in total. The van der Waals surface area contributed by atoms with Gasteiger partial charge in [-0.3, -0.25) is 9.59 Å². The second kappa shape index (κ2) is 3.88. The van der Waals surface area contributed by atoms with E-state index in [1.165, 1.54) is 6.92 Å². The van der Waals surface area contributed by atoms with Crippen LogP contribution in [0.5, 0.6) is 0 Å². The third-order valence-corrected chi connectivity index (χ3v) is 2.71. The second-order valence-corrected chi connectivity index (χ2v) is 3.86. The average Bonchev–Trinajstić information content (AvgIpc) is 2.88. The lowest BCUT2D eigenvalue weighted by molar-refractivity contribution is 0.0787. The third kappa shape index (κ3) is 1.93. The van der Waals surface area contributed by atoms with Crippen LogP contribution in [0.1, 0.15) is 40.6 Å². The Bertz CT molecular complexity index is 389. The molecule has 1 N–H and O–H groups in total. The van der Waals surface area contributed by atoms with Gasteiger partial charge in [-0.2, -0.15) is 0 Å². The molecule has 0 radical (unpaired) electrons. The molecule has 1 saturated heterocycles. The number of aromatic amines is 1. The lowest BCUT2D eigenvalue weighted by Gasteiger charge is -2.13. The SMILES string of the molecule is CC(=O)c1c[nH]c(C(=O)N2CCCC2)c1. The van der Waals surface area contributed by atoms with Gasteiger partial charge in [-0.1, -0.05) is 0 Å². The second-order valence-electron chi connectivity index (χ2n) is 3.86. The van der Waals surface area contributed by atoms with E-state index in [0.717, 1.165) is 25.9 Å². The maximum Gasteiger partial charge on any atom is 0.270 e. The topological polar surface area (TPSA) is 53.2 Å². The minimum absolute atomic E-state index is 0.000000000000000666. The standard InChI is InChI=1S/C11H14N2O2/c1-8(14)9-6-10(12-7-9)11(15)13-4-2-3-5-13/h6-7,12H,2-5H2,1H3. The molecule has 2 rings (SSSR count). The summed E-state index contributed by atoms with van der Waals surface area (Å²) in [5.74, 6) is -0.0216. The summed E-state index contributed by atoms with van der Waals surface area (Å²) in [7, 11) is 0. The van der Waals surface area contributed by atoms with Crippen molar-refractivity contribution in [1.29, 1.82) is 0 Å². The smallest absolute Gasteiger partial charge is 0.270 e. The Hall–Kier alpha value is -1.58. The molecule has 0 unspecified atom stereocenters. The number of likely N-dealkylation sites (tertiary alicyclic amines) is 1. The van der Waals surface area contributed by atoms with Crippen LogP contribution in [-0.2, 0) is 0 Å². The molecule has 0 spiro atoms. The normalized spacial score (nSPS) is 15.7. The number of hydrogen-bond acceptors (Lipinski definition) is 2. The van der Waals surface area contributed by atoms with Crippen LogP contribution in [0, 0.1) is 0 Å². The number of ketones is 1. The van der Waals surface area contributed by atoms with E-state index in [4.69, 9.17) is 0 Å². The number of carbonyl (C=O) groups is 2. The van der Waals surface area contributed by atoms with Crippen molar-refractivity contribution in [1.82, 2.24) is 9.88 Å².